The van der Waals surface area contributed by atoms with Crippen LogP contribution in [0.2, 0.25) is 0 Å². The molecule has 1 aliphatic carbocycles. The highest BCUT2D eigenvalue weighted by Crippen LogP contribution is 2.44. The average molecular weight is 305 g/mol. The van der Waals surface area contributed by atoms with Crippen molar-refractivity contribution in [3.8, 4) is 0 Å². The molecule has 22 heavy (non-hydrogen) atoms. The molecule has 1 aliphatic rings. The van der Waals surface area contributed by atoms with Crippen LogP contribution in [-0.4, -0.2) is 30.2 Å². The van der Waals surface area contributed by atoms with Crippen LogP contribution >= 0.6 is 0 Å². The molecule has 1 saturated carbocycles. The molecule has 2 N–H and O–H groups in total. The molecule has 0 radical (unpaired) electrons. The third-order valence-electron chi connectivity index (χ3n) is 4.26. The summed E-state index contributed by atoms with van der Waals surface area (Å²) in [6, 6.07) is 7.03. The number of hydrogen-bond donors (Lipinski definition) is 2. The lowest BCUT2D eigenvalue weighted by Crippen LogP contribution is -2.42. The summed E-state index contributed by atoms with van der Waals surface area (Å²) >= 11 is 0. The normalized spacial score (nSPS) is 15.9. The number of carbonyl (C=O) groups is 2. The summed E-state index contributed by atoms with van der Waals surface area (Å²) in [5.74, 6) is -0.860. The topological polar surface area (TPSA) is 75.6 Å². The minimum Gasteiger partial charge on any atom is -0.481 e. The Hall–Kier alpha value is -1.88. The van der Waals surface area contributed by atoms with Crippen LogP contribution in [-0.2, 0) is 20.7 Å². The lowest BCUT2D eigenvalue weighted by molar-refractivity contribution is -0.136. The van der Waals surface area contributed by atoms with Gasteiger partial charge in [-0.25, -0.2) is 0 Å². The van der Waals surface area contributed by atoms with Crippen LogP contribution < -0.4 is 5.32 Å². The summed E-state index contributed by atoms with van der Waals surface area (Å²) in [6.45, 7) is 3.21. The maximum atomic E-state index is 12.6. The molecule has 1 aromatic carbocycles. The number of ether oxygens (including phenoxy) is 1. The third kappa shape index (κ3) is 4.07. The summed E-state index contributed by atoms with van der Waals surface area (Å²) in [5, 5.41) is 11.8. The first-order chi connectivity index (χ1) is 10.6. The minimum atomic E-state index is -0.879. The molecule has 0 spiro atoms. The van der Waals surface area contributed by atoms with Gasteiger partial charge in [-0.05, 0) is 43.9 Å². The zero-order valence-electron chi connectivity index (χ0n) is 12.9. The average Bonchev–Trinajstić information content (AvgIpc) is 2.41. The van der Waals surface area contributed by atoms with Gasteiger partial charge in [-0.3, -0.25) is 9.59 Å². The van der Waals surface area contributed by atoms with Crippen molar-refractivity contribution in [2.45, 2.75) is 39.0 Å². The Bertz CT molecular complexity index is 537. The molecular formula is C17H23NO4. The molecule has 0 aromatic heterocycles. The summed E-state index contributed by atoms with van der Waals surface area (Å²) in [6.07, 6.45) is 3.54. The van der Waals surface area contributed by atoms with Crippen molar-refractivity contribution in [1.29, 1.82) is 0 Å². The largest absolute Gasteiger partial charge is 0.481 e. The van der Waals surface area contributed by atoms with Gasteiger partial charge in [-0.15, -0.1) is 0 Å². The highest BCUT2D eigenvalue weighted by atomic mass is 16.5. The van der Waals surface area contributed by atoms with Crippen molar-refractivity contribution in [1.82, 2.24) is 0 Å². The molecule has 0 saturated heterocycles. The lowest BCUT2D eigenvalue weighted by atomic mass is 9.66. The van der Waals surface area contributed by atoms with Crippen LogP contribution in [0.1, 0.15) is 38.2 Å². The minimum absolute atomic E-state index is 0.0194. The van der Waals surface area contributed by atoms with Gasteiger partial charge < -0.3 is 15.2 Å². The van der Waals surface area contributed by atoms with Gasteiger partial charge in [0.2, 0.25) is 5.91 Å². The highest BCUT2D eigenvalue weighted by Gasteiger charge is 2.43. The number of nitrogens with one attached hydrogen (secondary N) is 1. The number of carboxylic acid groups (broad SMARTS) is 1. The van der Waals surface area contributed by atoms with E-state index in [0.29, 0.717) is 24.5 Å². The van der Waals surface area contributed by atoms with Crippen molar-refractivity contribution in [3.63, 3.8) is 0 Å². The number of benzene rings is 1. The number of hydrogen-bond acceptors (Lipinski definition) is 3. The molecule has 0 unspecified atom stereocenters. The van der Waals surface area contributed by atoms with Crippen molar-refractivity contribution in [3.05, 3.63) is 29.8 Å². The first kappa shape index (κ1) is 16.5. The van der Waals surface area contributed by atoms with Gasteiger partial charge in [-0.1, -0.05) is 18.6 Å². The van der Waals surface area contributed by atoms with E-state index in [4.69, 9.17) is 9.84 Å². The van der Waals surface area contributed by atoms with E-state index in [1.54, 1.807) is 24.3 Å². The first-order valence-corrected chi connectivity index (χ1v) is 7.76. The fraction of sp³-hybridized carbons (Fsp3) is 0.529. The number of aliphatic carboxylic acids is 1. The Morgan fingerprint density at radius 2 is 2.14 bits per heavy atom. The highest BCUT2D eigenvalue weighted by molar-refractivity contribution is 5.96. The number of carbonyl (C=O) groups excluding carboxylic acids is 1. The molecule has 2 rings (SSSR count). The van der Waals surface area contributed by atoms with Gasteiger partial charge in [0.15, 0.2) is 0 Å². The van der Waals surface area contributed by atoms with Crippen LogP contribution in [0.25, 0.3) is 0 Å². The molecule has 0 atom stereocenters. The molecular weight excluding hydrogens is 282 g/mol. The second kappa shape index (κ2) is 7.40. The van der Waals surface area contributed by atoms with E-state index in [0.717, 1.165) is 25.7 Å². The molecule has 0 heterocycles. The maximum Gasteiger partial charge on any atom is 0.307 e. The van der Waals surface area contributed by atoms with Gasteiger partial charge >= 0.3 is 5.97 Å². The fourth-order valence-electron chi connectivity index (χ4n) is 2.80. The van der Waals surface area contributed by atoms with Crippen molar-refractivity contribution >= 4 is 17.6 Å². The Morgan fingerprint density at radius 3 is 2.73 bits per heavy atom. The second-order valence-electron chi connectivity index (χ2n) is 5.81. The monoisotopic (exact) mass is 305 g/mol. The standard InChI is InChI=1S/C17H23NO4/c1-2-22-10-9-17(7-4-8-17)16(21)18-14-6-3-5-13(11-14)12-15(19)20/h3,5-6,11H,2,4,7-10,12H2,1H3,(H,18,21)(H,19,20). The molecule has 0 bridgehead atoms. The Kier molecular flexibility index (Phi) is 5.55. The number of rotatable bonds is 8. The first-order valence-electron chi connectivity index (χ1n) is 7.76. The van der Waals surface area contributed by atoms with E-state index in [1.165, 1.54) is 0 Å². The zero-order valence-corrected chi connectivity index (χ0v) is 12.9. The van der Waals surface area contributed by atoms with Crippen LogP contribution in [0.5, 0.6) is 0 Å². The second-order valence-corrected chi connectivity index (χ2v) is 5.81. The van der Waals surface area contributed by atoms with Crippen LogP contribution in [0.4, 0.5) is 5.69 Å². The van der Waals surface area contributed by atoms with E-state index in [1.807, 2.05) is 6.92 Å². The van der Waals surface area contributed by atoms with E-state index < -0.39 is 5.97 Å². The predicted molar refractivity (Wildman–Crippen MR) is 83.8 cm³/mol. The third-order valence-corrected chi connectivity index (χ3v) is 4.26. The summed E-state index contributed by atoms with van der Waals surface area (Å²) in [7, 11) is 0. The molecule has 1 aromatic rings. The van der Waals surface area contributed by atoms with E-state index in [9.17, 15) is 9.59 Å². The molecule has 1 fully saturated rings. The van der Waals surface area contributed by atoms with Crippen LogP contribution in [0.15, 0.2) is 24.3 Å². The molecule has 5 heteroatoms. The summed E-state index contributed by atoms with van der Waals surface area (Å²) in [5.41, 5.74) is 1.02. The Balaban J connectivity index is 1.99. The summed E-state index contributed by atoms with van der Waals surface area (Å²) in [4.78, 5) is 23.3. The van der Waals surface area contributed by atoms with Gasteiger partial charge in [-0.2, -0.15) is 0 Å². The summed E-state index contributed by atoms with van der Waals surface area (Å²) < 4.78 is 5.38. The van der Waals surface area contributed by atoms with E-state index >= 15 is 0 Å². The van der Waals surface area contributed by atoms with Crippen LogP contribution in [0, 0.1) is 5.41 Å². The van der Waals surface area contributed by atoms with Crippen molar-refractivity contribution < 1.29 is 19.4 Å². The molecule has 1 amide bonds. The molecule has 5 nitrogen and oxygen atoms in total. The van der Waals surface area contributed by atoms with E-state index in [-0.39, 0.29) is 17.7 Å². The van der Waals surface area contributed by atoms with Gasteiger partial charge in [0.05, 0.1) is 11.8 Å². The smallest absolute Gasteiger partial charge is 0.307 e. The SMILES string of the molecule is CCOCCC1(C(=O)Nc2cccc(CC(=O)O)c2)CCC1. The van der Waals surface area contributed by atoms with Crippen LogP contribution in [0.3, 0.4) is 0 Å². The molecule has 0 aliphatic heterocycles. The van der Waals surface area contributed by atoms with Gasteiger partial charge in [0.25, 0.3) is 0 Å². The fourth-order valence-corrected chi connectivity index (χ4v) is 2.80. The van der Waals surface area contributed by atoms with Crippen molar-refractivity contribution in [2.24, 2.45) is 5.41 Å². The number of amides is 1. The van der Waals surface area contributed by atoms with E-state index in [2.05, 4.69) is 5.32 Å². The van der Waals surface area contributed by atoms with Gasteiger partial charge in [0.1, 0.15) is 0 Å². The predicted octanol–water partition coefficient (Wildman–Crippen LogP) is 2.85. The maximum absolute atomic E-state index is 12.6. The Morgan fingerprint density at radius 1 is 1.36 bits per heavy atom. The van der Waals surface area contributed by atoms with Gasteiger partial charge in [0, 0.05) is 18.9 Å². The number of anilines is 1. The Labute approximate surface area is 130 Å². The van der Waals surface area contributed by atoms with Crippen molar-refractivity contribution in [2.75, 3.05) is 18.5 Å². The molecule has 120 valence electrons. The lowest BCUT2D eigenvalue weighted by Gasteiger charge is -2.40. The zero-order chi connectivity index (χ0) is 16.0. The quantitative estimate of drug-likeness (QED) is 0.724. The number of carboxylic acids is 1.